The van der Waals surface area contributed by atoms with Crippen molar-refractivity contribution in [2.75, 3.05) is 13.3 Å². The molecule has 0 radical (unpaired) electrons. The number of benzene rings is 1. The van der Waals surface area contributed by atoms with Gasteiger partial charge in [0.25, 0.3) is 5.91 Å². The Morgan fingerprint density at radius 3 is 2.92 bits per heavy atom. The van der Waals surface area contributed by atoms with E-state index in [9.17, 15) is 4.79 Å². The molecule has 1 amide bonds. The van der Waals surface area contributed by atoms with Crippen LogP contribution < -0.4 is 15.2 Å². The van der Waals surface area contributed by atoms with Crippen LogP contribution in [0.5, 0.6) is 11.5 Å². The van der Waals surface area contributed by atoms with Gasteiger partial charge in [0.2, 0.25) is 12.6 Å². The van der Waals surface area contributed by atoms with Gasteiger partial charge >= 0.3 is 0 Å². The highest BCUT2D eigenvalue weighted by atomic mass is 35.5. The van der Waals surface area contributed by atoms with Gasteiger partial charge in [-0.05, 0) is 23.6 Å². The van der Waals surface area contributed by atoms with E-state index in [2.05, 4.69) is 14.9 Å². The van der Waals surface area contributed by atoms with Crippen LogP contribution in [0.4, 0.5) is 0 Å². The Bertz CT molecular complexity index is 827. The van der Waals surface area contributed by atoms with Crippen LogP contribution in [-0.2, 0) is 19.5 Å². The minimum absolute atomic E-state index is 0.0525. The monoisotopic (exact) mass is 346 g/mol. The SMILES string of the molecule is NC(=O)c1ncc2c(n1)CN(Cc1cc3c(cc1Cl)OCO3)CC2. The number of primary amides is 1. The van der Waals surface area contributed by atoms with Crippen molar-refractivity contribution in [3.63, 3.8) is 0 Å². The van der Waals surface area contributed by atoms with Crippen molar-refractivity contribution in [2.24, 2.45) is 5.73 Å². The Labute approximate surface area is 143 Å². The predicted octanol–water partition coefficient (Wildman–Crippen LogP) is 1.52. The van der Waals surface area contributed by atoms with Crippen molar-refractivity contribution in [1.82, 2.24) is 14.9 Å². The highest BCUT2D eigenvalue weighted by Gasteiger charge is 2.22. The maximum atomic E-state index is 11.3. The summed E-state index contributed by atoms with van der Waals surface area (Å²) in [5, 5.41) is 0.644. The standard InChI is InChI=1S/C16H15ClN4O3/c17-11-4-14-13(23-8-24-14)3-10(11)6-21-2-1-9-5-19-16(15(18)22)20-12(9)7-21/h3-5H,1-2,6-8H2,(H2,18,22). The molecule has 0 fully saturated rings. The maximum Gasteiger partial charge on any atom is 0.286 e. The van der Waals surface area contributed by atoms with Gasteiger partial charge in [0.15, 0.2) is 11.5 Å². The molecule has 0 saturated carbocycles. The molecule has 0 unspecified atom stereocenters. The molecule has 2 aliphatic rings. The van der Waals surface area contributed by atoms with Crippen molar-refractivity contribution < 1.29 is 14.3 Å². The van der Waals surface area contributed by atoms with Crippen molar-refractivity contribution in [3.05, 3.63) is 46.0 Å². The maximum absolute atomic E-state index is 11.3. The zero-order valence-corrected chi connectivity index (χ0v) is 13.5. The Morgan fingerprint density at radius 1 is 1.33 bits per heavy atom. The summed E-state index contributed by atoms with van der Waals surface area (Å²) in [6.45, 7) is 2.35. The molecule has 4 rings (SSSR count). The van der Waals surface area contributed by atoms with E-state index in [-0.39, 0.29) is 12.6 Å². The van der Waals surface area contributed by atoms with E-state index in [0.29, 0.717) is 29.6 Å². The third kappa shape index (κ3) is 2.76. The molecule has 24 heavy (non-hydrogen) atoms. The summed E-state index contributed by atoms with van der Waals surface area (Å²) < 4.78 is 10.7. The smallest absolute Gasteiger partial charge is 0.286 e. The first-order valence-corrected chi connectivity index (χ1v) is 7.93. The van der Waals surface area contributed by atoms with Gasteiger partial charge in [-0.3, -0.25) is 9.69 Å². The summed E-state index contributed by atoms with van der Waals surface area (Å²) in [5.74, 6) is 0.821. The fraction of sp³-hybridized carbons (Fsp3) is 0.312. The van der Waals surface area contributed by atoms with Crippen molar-refractivity contribution in [3.8, 4) is 11.5 Å². The number of hydrogen-bond acceptors (Lipinski definition) is 6. The zero-order chi connectivity index (χ0) is 16.7. The van der Waals surface area contributed by atoms with Crippen LogP contribution in [0, 0.1) is 0 Å². The second-order valence-corrected chi connectivity index (χ2v) is 6.19. The molecular formula is C16H15ClN4O3. The van der Waals surface area contributed by atoms with E-state index in [1.807, 2.05) is 6.07 Å². The topological polar surface area (TPSA) is 90.6 Å². The van der Waals surface area contributed by atoms with E-state index >= 15 is 0 Å². The average molecular weight is 347 g/mol. The summed E-state index contributed by atoms with van der Waals surface area (Å²) in [6.07, 6.45) is 2.50. The molecule has 2 aromatic rings. The molecule has 0 bridgehead atoms. The lowest BCUT2D eigenvalue weighted by Gasteiger charge is -2.28. The Kier molecular flexibility index (Phi) is 3.74. The lowest BCUT2D eigenvalue weighted by molar-refractivity contribution is 0.0989. The first-order chi connectivity index (χ1) is 11.6. The normalized spacial score (nSPS) is 16.0. The number of ether oxygens (including phenoxy) is 2. The second kappa shape index (κ2) is 5.92. The number of halogens is 1. The highest BCUT2D eigenvalue weighted by molar-refractivity contribution is 6.31. The average Bonchev–Trinajstić information content (AvgIpc) is 3.01. The van der Waals surface area contributed by atoms with Gasteiger partial charge in [-0.25, -0.2) is 9.97 Å². The molecule has 1 aromatic heterocycles. The van der Waals surface area contributed by atoms with E-state index in [1.54, 1.807) is 12.3 Å². The summed E-state index contributed by atoms with van der Waals surface area (Å²) in [5.41, 5.74) is 8.11. The second-order valence-electron chi connectivity index (χ2n) is 5.79. The first kappa shape index (κ1) is 15.2. The number of carbonyl (C=O) groups excluding carboxylic acids is 1. The fourth-order valence-electron chi connectivity index (χ4n) is 2.93. The fourth-order valence-corrected chi connectivity index (χ4v) is 3.15. The van der Waals surface area contributed by atoms with Crippen LogP contribution in [0.1, 0.15) is 27.4 Å². The molecule has 3 heterocycles. The van der Waals surface area contributed by atoms with Gasteiger partial charge in [0.1, 0.15) is 0 Å². The molecule has 2 aliphatic heterocycles. The summed E-state index contributed by atoms with van der Waals surface area (Å²) >= 11 is 6.35. The number of hydrogen-bond donors (Lipinski definition) is 1. The Hall–Kier alpha value is -2.38. The van der Waals surface area contributed by atoms with Gasteiger partial charge in [0, 0.05) is 36.9 Å². The minimum Gasteiger partial charge on any atom is -0.454 e. The number of nitrogens with two attached hydrogens (primary N) is 1. The van der Waals surface area contributed by atoms with Gasteiger partial charge in [-0.1, -0.05) is 11.6 Å². The molecule has 124 valence electrons. The third-order valence-electron chi connectivity index (χ3n) is 4.18. The first-order valence-electron chi connectivity index (χ1n) is 7.55. The molecular weight excluding hydrogens is 332 g/mol. The number of rotatable bonds is 3. The predicted molar refractivity (Wildman–Crippen MR) is 85.9 cm³/mol. The number of aromatic nitrogens is 2. The Morgan fingerprint density at radius 2 is 2.12 bits per heavy atom. The van der Waals surface area contributed by atoms with E-state index in [1.165, 1.54) is 0 Å². The lowest BCUT2D eigenvalue weighted by Crippen LogP contribution is -2.32. The molecule has 2 N–H and O–H groups in total. The number of fused-ring (bicyclic) bond motifs is 2. The molecule has 0 atom stereocenters. The number of nitrogens with zero attached hydrogens (tertiary/aromatic N) is 3. The van der Waals surface area contributed by atoms with Gasteiger partial charge in [-0.15, -0.1) is 0 Å². The highest BCUT2D eigenvalue weighted by Crippen LogP contribution is 2.37. The van der Waals surface area contributed by atoms with Crippen LogP contribution in [0.25, 0.3) is 0 Å². The summed E-state index contributed by atoms with van der Waals surface area (Å²) in [6, 6.07) is 3.69. The molecule has 7 nitrogen and oxygen atoms in total. The molecule has 8 heteroatoms. The van der Waals surface area contributed by atoms with Crippen molar-refractivity contribution in [2.45, 2.75) is 19.5 Å². The third-order valence-corrected chi connectivity index (χ3v) is 4.53. The van der Waals surface area contributed by atoms with Crippen molar-refractivity contribution in [1.29, 1.82) is 0 Å². The van der Waals surface area contributed by atoms with Crippen LogP contribution in [0.3, 0.4) is 0 Å². The molecule has 0 spiro atoms. The lowest BCUT2D eigenvalue weighted by atomic mass is 10.1. The summed E-state index contributed by atoms with van der Waals surface area (Å²) in [4.78, 5) is 21.7. The summed E-state index contributed by atoms with van der Waals surface area (Å²) in [7, 11) is 0. The van der Waals surface area contributed by atoms with Gasteiger partial charge in [-0.2, -0.15) is 0 Å². The van der Waals surface area contributed by atoms with Crippen LogP contribution in [0.15, 0.2) is 18.3 Å². The van der Waals surface area contributed by atoms with E-state index < -0.39 is 5.91 Å². The van der Waals surface area contributed by atoms with Crippen LogP contribution in [-0.4, -0.2) is 34.1 Å². The number of carbonyl (C=O) groups is 1. The molecule has 0 saturated heterocycles. The van der Waals surface area contributed by atoms with E-state index in [4.69, 9.17) is 26.8 Å². The van der Waals surface area contributed by atoms with E-state index in [0.717, 1.165) is 29.8 Å². The van der Waals surface area contributed by atoms with Crippen LogP contribution in [0.2, 0.25) is 5.02 Å². The molecule has 1 aromatic carbocycles. The quantitative estimate of drug-likeness (QED) is 0.906. The molecule has 0 aliphatic carbocycles. The van der Waals surface area contributed by atoms with Crippen molar-refractivity contribution >= 4 is 17.5 Å². The largest absolute Gasteiger partial charge is 0.454 e. The Balaban J connectivity index is 1.55. The number of amides is 1. The van der Waals surface area contributed by atoms with Gasteiger partial charge < -0.3 is 15.2 Å². The minimum atomic E-state index is -0.617. The zero-order valence-electron chi connectivity index (χ0n) is 12.8. The van der Waals surface area contributed by atoms with Gasteiger partial charge in [0.05, 0.1) is 5.69 Å². The van der Waals surface area contributed by atoms with Crippen LogP contribution >= 0.6 is 11.6 Å².